The minimum atomic E-state index is 0.0975. The number of ether oxygens (including phenoxy) is 1. The summed E-state index contributed by atoms with van der Waals surface area (Å²) in [5, 5.41) is 2.41. The maximum absolute atomic E-state index is 11.3. The molecular weight excluding hydrogens is 340 g/mol. The van der Waals surface area contributed by atoms with Gasteiger partial charge >= 0.3 is 0 Å². The summed E-state index contributed by atoms with van der Waals surface area (Å²) < 4.78 is 5.70. The quantitative estimate of drug-likeness (QED) is 0.678. The minimum absolute atomic E-state index is 0.0975. The third-order valence-corrected chi connectivity index (χ3v) is 5.19. The zero-order valence-electron chi connectivity index (χ0n) is 14.3. The van der Waals surface area contributed by atoms with Crippen LogP contribution in [-0.2, 0) is 21.1 Å². The number of carbonyl (C=O) groups is 2. The Hall–Kier alpha value is -1.46. The molecule has 3 nitrogen and oxygen atoms in total. The number of thioether (sulfide) groups is 2. The second-order valence-electron chi connectivity index (χ2n) is 5.54. The van der Waals surface area contributed by atoms with Crippen molar-refractivity contribution in [3.63, 3.8) is 0 Å². The summed E-state index contributed by atoms with van der Waals surface area (Å²) in [5.41, 5.74) is 2.21. The van der Waals surface area contributed by atoms with Gasteiger partial charge in [0.2, 0.25) is 0 Å². The molecule has 128 valence electrons. The van der Waals surface area contributed by atoms with Crippen LogP contribution in [0.25, 0.3) is 10.8 Å². The Bertz CT molecular complexity index is 741. The minimum Gasteiger partial charge on any atom is -0.494 e. The average molecular weight is 363 g/mol. The number of benzene rings is 2. The standard InChI is InChI=1S/C19H22O3S2/c1-4-7-22-19-6-5-15-8-17(11-23-13(2)20)18(9-16(15)10-19)12-24-14(3)21/h5-6,8-10H,4,7,11-12H2,1-3H3. The van der Waals surface area contributed by atoms with Gasteiger partial charge in [-0.1, -0.05) is 36.5 Å². The van der Waals surface area contributed by atoms with E-state index in [0.717, 1.165) is 34.1 Å². The maximum atomic E-state index is 11.3. The number of carbonyl (C=O) groups excluding carboxylic acids is 2. The van der Waals surface area contributed by atoms with Crippen molar-refractivity contribution >= 4 is 44.5 Å². The summed E-state index contributed by atoms with van der Waals surface area (Å²) in [4.78, 5) is 22.6. The molecule has 0 spiro atoms. The number of hydrogen-bond donors (Lipinski definition) is 0. The second kappa shape index (κ2) is 9.14. The Labute approximate surface area is 151 Å². The summed E-state index contributed by atoms with van der Waals surface area (Å²) in [6.45, 7) is 5.93. The topological polar surface area (TPSA) is 43.4 Å². The van der Waals surface area contributed by atoms with Crippen molar-refractivity contribution in [1.82, 2.24) is 0 Å². The van der Waals surface area contributed by atoms with Crippen LogP contribution in [0.2, 0.25) is 0 Å². The van der Waals surface area contributed by atoms with E-state index in [2.05, 4.69) is 19.1 Å². The SMILES string of the molecule is CCCOc1ccc2cc(CSC(C)=O)c(CSC(C)=O)cc2c1. The molecule has 0 heterocycles. The van der Waals surface area contributed by atoms with E-state index in [4.69, 9.17) is 4.74 Å². The normalized spacial score (nSPS) is 10.8. The van der Waals surface area contributed by atoms with Crippen LogP contribution in [0.5, 0.6) is 5.75 Å². The smallest absolute Gasteiger partial charge is 0.186 e. The summed E-state index contributed by atoms with van der Waals surface area (Å²) in [6.07, 6.45) is 0.972. The Morgan fingerprint density at radius 3 is 2.04 bits per heavy atom. The first-order chi connectivity index (χ1) is 11.5. The van der Waals surface area contributed by atoms with Gasteiger partial charge in [0, 0.05) is 25.4 Å². The molecule has 0 aliphatic carbocycles. The van der Waals surface area contributed by atoms with Gasteiger partial charge < -0.3 is 4.74 Å². The van der Waals surface area contributed by atoms with Crippen molar-refractivity contribution < 1.29 is 14.3 Å². The van der Waals surface area contributed by atoms with Crippen molar-refractivity contribution in [2.24, 2.45) is 0 Å². The van der Waals surface area contributed by atoms with E-state index < -0.39 is 0 Å². The third kappa shape index (κ3) is 5.56. The summed E-state index contributed by atoms with van der Waals surface area (Å²) in [5.74, 6) is 2.12. The van der Waals surface area contributed by atoms with E-state index in [-0.39, 0.29) is 10.2 Å². The van der Waals surface area contributed by atoms with E-state index in [0.29, 0.717) is 18.1 Å². The average Bonchev–Trinajstić information content (AvgIpc) is 2.55. The first-order valence-corrected chi connectivity index (χ1v) is 9.91. The molecule has 0 amide bonds. The van der Waals surface area contributed by atoms with Crippen LogP contribution in [0.3, 0.4) is 0 Å². The van der Waals surface area contributed by atoms with Gasteiger partial charge in [-0.25, -0.2) is 0 Å². The van der Waals surface area contributed by atoms with Crippen molar-refractivity contribution in [3.8, 4) is 5.75 Å². The van der Waals surface area contributed by atoms with Gasteiger partial charge in [0.15, 0.2) is 10.2 Å². The summed E-state index contributed by atoms with van der Waals surface area (Å²) >= 11 is 2.59. The van der Waals surface area contributed by atoms with E-state index in [1.165, 1.54) is 23.5 Å². The van der Waals surface area contributed by atoms with Gasteiger partial charge in [0.25, 0.3) is 0 Å². The molecular formula is C19H22O3S2. The van der Waals surface area contributed by atoms with Crippen LogP contribution in [-0.4, -0.2) is 16.8 Å². The largest absolute Gasteiger partial charge is 0.494 e. The molecule has 0 aliphatic rings. The first kappa shape index (κ1) is 18.9. The van der Waals surface area contributed by atoms with Crippen LogP contribution in [0.1, 0.15) is 38.3 Å². The van der Waals surface area contributed by atoms with Crippen LogP contribution < -0.4 is 4.74 Å². The lowest BCUT2D eigenvalue weighted by Gasteiger charge is -2.12. The third-order valence-electron chi connectivity index (χ3n) is 3.46. The fourth-order valence-electron chi connectivity index (χ4n) is 2.31. The van der Waals surface area contributed by atoms with E-state index >= 15 is 0 Å². The molecule has 0 N–H and O–H groups in total. The lowest BCUT2D eigenvalue weighted by Crippen LogP contribution is -1.97. The van der Waals surface area contributed by atoms with Crippen molar-refractivity contribution in [2.75, 3.05) is 6.61 Å². The molecule has 0 fully saturated rings. The predicted molar refractivity (Wildman–Crippen MR) is 104 cm³/mol. The Morgan fingerprint density at radius 1 is 0.917 bits per heavy atom. The molecule has 5 heteroatoms. The van der Waals surface area contributed by atoms with Crippen LogP contribution in [0, 0.1) is 0 Å². The molecule has 0 saturated heterocycles. The highest BCUT2D eigenvalue weighted by Crippen LogP contribution is 2.29. The van der Waals surface area contributed by atoms with Gasteiger partial charge in [-0.2, -0.15) is 0 Å². The molecule has 0 saturated carbocycles. The summed E-state index contributed by atoms with van der Waals surface area (Å²) in [7, 11) is 0. The lowest BCUT2D eigenvalue weighted by atomic mass is 10.0. The van der Waals surface area contributed by atoms with E-state index in [1.54, 1.807) is 13.8 Å². The zero-order valence-corrected chi connectivity index (χ0v) is 15.9. The number of hydrogen-bond acceptors (Lipinski definition) is 5. The van der Waals surface area contributed by atoms with Gasteiger partial charge in [-0.15, -0.1) is 0 Å². The van der Waals surface area contributed by atoms with E-state index in [9.17, 15) is 9.59 Å². The fourth-order valence-corrected chi connectivity index (χ4v) is 3.56. The fraction of sp³-hybridized carbons (Fsp3) is 0.368. The molecule has 0 atom stereocenters. The van der Waals surface area contributed by atoms with Crippen molar-refractivity contribution in [1.29, 1.82) is 0 Å². The van der Waals surface area contributed by atoms with Crippen LogP contribution in [0.4, 0.5) is 0 Å². The second-order valence-corrected chi connectivity index (χ2v) is 7.84. The molecule has 0 radical (unpaired) electrons. The molecule has 0 unspecified atom stereocenters. The predicted octanol–water partition coefficient (Wildman–Crippen LogP) is 5.19. The molecule has 0 aliphatic heterocycles. The molecule has 0 aromatic heterocycles. The Morgan fingerprint density at radius 2 is 1.50 bits per heavy atom. The number of fused-ring (bicyclic) bond motifs is 1. The Balaban J connectivity index is 2.35. The summed E-state index contributed by atoms with van der Waals surface area (Å²) in [6, 6.07) is 10.3. The van der Waals surface area contributed by atoms with Crippen molar-refractivity contribution in [3.05, 3.63) is 41.5 Å². The highest BCUT2D eigenvalue weighted by atomic mass is 32.2. The zero-order chi connectivity index (χ0) is 17.5. The van der Waals surface area contributed by atoms with E-state index in [1.807, 2.05) is 18.2 Å². The molecule has 2 aromatic rings. The van der Waals surface area contributed by atoms with Gasteiger partial charge in [0.05, 0.1) is 6.61 Å². The molecule has 0 bridgehead atoms. The van der Waals surface area contributed by atoms with Gasteiger partial charge in [-0.05, 0) is 52.6 Å². The molecule has 2 rings (SSSR count). The molecule has 2 aromatic carbocycles. The highest BCUT2D eigenvalue weighted by Gasteiger charge is 2.09. The van der Waals surface area contributed by atoms with Gasteiger partial charge in [-0.3, -0.25) is 9.59 Å². The van der Waals surface area contributed by atoms with Gasteiger partial charge in [0.1, 0.15) is 5.75 Å². The highest BCUT2D eigenvalue weighted by molar-refractivity contribution is 8.13. The van der Waals surface area contributed by atoms with Crippen LogP contribution >= 0.6 is 23.5 Å². The maximum Gasteiger partial charge on any atom is 0.186 e. The monoisotopic (exact) mass is 362 g/mol. The van der Waals surface area contributed by atoms with Crippen molar-refractivity contribution in [2.45, 2.75) is 38.7 Å². The molecule has 24 heavy (non-hydrogen) atoms. The lowest BCUT2D eigenvalue weighted by molar-refractivity contribution is -0.109. The van der Waals surface area contributed by atoms with Crippen LogP contribution in [0.15, 0.2) is 30.3 Å². The Kier molecular flexibility index (Phi) is 7.18. The first-order valence-electron chi connectivity index (χ1n) is 7.94. The number of rotatable bonds is 7.